The number of ether oxygens (including phenoxy) is 1. The molecule has 0 N–H and O–H groups in total. The standard InChI is InChI=1S/C23H25N5O3/c1-2-21-25-23(26-31-21)27-13-10-19(11-14-27)28(18-7-8-18)22(29)17-5-3-16(4-6-17)20-9-12-24-15-30-20/h3-6,15,18-20H,2,7-8,10-11,13-14H2,1H3. The number of amides is 1. The van der Waals surface area contributed by atoms with Gasteiger partial charge in [0.25, 0.3) is 11.9 Å². The highest BCUT2D eigenvalue weighted by Gasteiger charge is 2.39. The Morgan fingerprint density at radius 1 is 1.16 bits per heavy atom. The summed E-state index contributed by atoms with van der Waals surface area (Å²) in [6.45, 7) is 3.64. The third-order valence-corrected chi connectivity index (χ3v) is 6.05. The predicted molar refractivity (Wildman–Crippen MR) is 115 cm³/mol. The lowest BCUT2D eigenvalue weighted by atomic mass is 10.0. The molecule has 1 unspecified atom stereocenters. The molecule has 8 nitrogen and oxygen atoms in total. The van der Waals surface area contributed by atoms with Crippen LogP contribution in [0.1, 0.15) is 60.5 Å². The van der Waals surface area contributed by atoms with Crippen LogP contribution in [0.2, 0.25) is 0 Å². The summed E-state index contributed by atoms with van der Waals surface area (Å²) in [6, 6.07) is 10.9. The zero-order chi connectivity index (χ0) is 21.2. The fraction of sp³-hybridized carbons (Fsp3) is 0.478. The van der Waals surface area contributed by atoms with Crippen LogP contribution in [-0.4, -0.2) is 52.5 Å². The van der Waals surface area contributed by atoms with Crippen LogP contribution in [0.3, 0.4) is 0 Å². The number of nitrogens with zero attached hydrogens (tertiary/aromatic N) is 5. The Bertz CT molecular complexity index is 1020. The van der Waals surface area contributed by atoms with E-state index in [1.165, 1.54) is 6.40 Å². The molecule has 2 aliphatic heterocycles. The quantitative estimate of drug-likeness (QED) is 0.670. The van der Waals surface area contributed by atoms with Crippen LogP contribution in [0, 0.1) is 12.0 Å². The van der Waals surface area contributed by atoms with Gasteiger partial charge in [-0.25, -0.2) is 0 Å². The Morgan fingerprint density at radius 3 is 2.52 bits per heavy atom. The highest BCUT2D eigenvalue weighted by Crippen LogP contribution is 2.34. The lowest BCUT2D eigenvalue weighted by Crippen LogP contribution is -2.48. The molecule has 1 aliphatic carbocycles. The topological polar surface area (TPSA) is 84.1 Å². The lowest BCUT2D eigenvalue weighted by Gasteiger charge is -2.38. The second-order valence-corrected chi connectivity index (χ2v) is 8.13. The summed E-state index contributed by atoms with van der Waals surface area (Å²) < 4.78 is 10.7. The summed E-state index contributed by atoms with van der Waals surface area (Å²) in [5, 5.41) is 4.09. The maximum atomic E-state index is 13.4. The monoisotopic (exact) mass is 419 g/mol. The van der Waals surface area contributed by atoms with Crippen molar-refractivity contribution in [2.45, 2.75) is 57.2 Å². The highest BCUT2D eigenvalue weighted by atomic mass is 16.5. The van der Waals surface area contributed by atoms with Gasteiger partial charge in [-0.15, -0.1) is 0 Å². The van der Waals surface area contributed by atoms with E-state index in [4.69, 9.17) is 9.26 Å². The van der Waals surface area contributed by atoms with Gasteiger partial charge in [0.05, 0.1) is 0 Å². The molecule has 0 radical (unpaired) electrons. The van der Waals surface area contributed by atoms with Crippen LogP contribution in [0.4, 0.5) is 5.95 Å². The number of aryl methyl sites for hydroxylation is 1. The number of benzene rings is 1. The van der Waals surface area contributed by atoms with Crippen LogP contribution < -0.4 is 4.90 Å². The second-order valence-electron chi connectivity index (χ2n) is 8.13. The first kappa shape index (κ1) is 19.6. The largest absolute Gasteiger partial charge is 0.462 e. The minimum absolute atomic E-state index is 0.109. The van der Waals surface area contributed by atoms with E-state index >= 15 is 0 Å². The molecule has 3 heterocycles. The van der Waals surface area contributed by atoms with Gasteiger partial charge in [-0.3, -0.25) is 4.79 Å². The summed E-state index contributed by atoms with van der Waals surface area (Å²) in [5.41, 5.74) is 1.63. The Kier molecular flexibility index (Phi) is 5.33. The van der Waals surface area contributed by atoms with E-state index in [0.29, 0.717) is 23.4 Å². The SMILES string of the molecule is CCc1nc(N2CCC(N(C(=O)c3ccc(C4C#CN=CO4)cc3)C3CC3)CC2)no1. The van der Waals surface area contributed by atoms with Crippen molar-refractivity contribution in [3.05, 3.63) is 41.3 Å². The number of rotatable bonds is 6. The van der Waals surface area contributed by atoms with Crippen LogP contribution >= 0.6 is 0 Å². The molecule has 1 atom stereocenters. The summed E-state index contributed by atoms with van der Waals surface area (Å²) in [4.78, 5) is 25.8. The van der Waals surface area contributed by atoms with E-state index in [-0.39, 0.29) is 18.1 Å². The maximum Gasteiger partial charge on any atom is 0.266 e. The van der Waals surface area contributed by atoms with E-state index < -0.39 is 0 Å². The molecule has 31 heavy (non-hydrogen) atoms. The van der Waals surface area contributed by atoms with Crippen LogP contribution in [0.25, 0.3) is 0 Å². The molecular weight excluding hydrogens is 394 g/mol. The summed E-state index contributed by atoms with van der Waals surface area (Å²) >= 11 is 0. The van der Waals surface area contributed by atoms with Gasteiger partial charge in [0.2, 0.25) is 5.89 Å². The van der Waals surface area contributed by atoms with Gasteiger partial charge in [-0.1, -0.05) is 19.1 Å². The zero-order valence-corrected chi connectivity index (χ0v) is 17.5. The van der Waals surface area contributed by atoms with Gasteiger partial charge in [-0.2, -0.15) is 9.98 Å². The van der Waals surface area contributed by atoms with Gasteiger partial charge in [0.15, 0.2) is 12.5 Å². The van der Waals surface area contributed by atoms with Gasteiger partial charge in [-0.05, 0) is 48.9 Å². The van der Waals surface area contributed by atoms with E-state index in [1.807, 2.05) is 31.2 Å². The molecule has 1 saturated carbocycles. The molecule has 5 rings (SSSR count). The number of carbonyl (C=O) groups excluding carboxylic acids is 1. The number of piperidine rings is 1. The van der Waals surface area contributed by atoms with E-state index in [0.717, 1.165) is 50.8 Å². The Balaban J connectivity index is 1.25. The van der Waals surface area contributed by atoms with Gasteiger partial charge in [0, 0.05) is 48.8 Å². The third-order valence-electron chi connectivity index (χ3n) is 6.05. The van der Waals surface area contributed by atoms with Gasteiger partial charge >= 0.3 is 0 Å². The van der Waals surface area contributed by atoms with Gasteiger partial charge < -0.3 is 19.1 Å². The van der Waals surface area contributed by atoms with E-state index in [1.54, 1.807) is 0 Å². The fourth-order valence-corrected chi connectivity index (χ4v) is 4.20. The number of hydrogen-bond acceptors (Lipinski definition) is 7. The minimum Gasteiger partial charge on any atom is -0.462 e. The molecular formula is C23H25N5O3. The van der Waals surface area contributed by atoms with Crippen molar-refractivity contribution in [3.63, 3.8) is 0 Å². The van der Waals surface area contributed by atoms with Gasteiger partial charge in [0.1, 0.15) is 0 Å². The van der Waals surface area contributed by atoms with Crippen LogP contribution in [-0.2, 0) is 11.2 Å². The van der Waals surface area contributed by atoms with Crippen LogP contribution in [0.15, 0.2) is 33.8 Å². The van der Waals surface area contributed by atoms with Crippen molar-refractivity contribution < 1.29 is 14.1 Å². The molecule has 1 amide bonds. The summed E-state index contributed by atoms with van der Waals surface area (Å²) in [5.74, 6) is 4.35. The van der Waals surface area contributed by atoms with E-state index in [9.17, 15) is 4.79 Å². The number of hydrogen-bond donors (Lipinski definition) is 0. The molecule has 0 spiro atoms. The molecule has 2 aromatic rings. The fourth-order valence-electron chi connectivity index (χ4n) is 4.20. The van der Waals surface area contributed by atoms with Crippen molar-refractivity contribution in [2.75, 3.05) is 18.0 Å². The number of anilines is 1. The molecule has 0 bridgehead atoms. The first-order valence-electron chi connectivity index (χ1n) is 10.9. The number of aliphatic imine (C=N–C) groups is 1. The first-order chi connectivity index (χ1) is 15.2. The second kappa shape index (κ2) is 8.42. The van der Waals surface area contributed by atoms with Crippen molar-refractivity contribution >= 4 is 18.3 Å². The van der Waals surface area contributed by atoms with Crippen LogP contribution in [0.5, 0.6) is 0 Å². The average Bonchev–Trinajstić information content (AvgIpc) is 3.55. The summed E-state index contributed by atoms with van der Waals surface area (Å²) in [7, 11) is 0. The normalized spacial score (nSPS) is 20.7. The van der Waals surface area contributed by atoms with Crippen molar-refractivity contribution in [1.29, 1.82) is 0 Å². The highest BCUT2D eigenvalue weighted by molar-refractivity contribution is 5.95. The molecule has 3 aliphatic rings. The van der Waals surface area contributed by atoms with Crippen molar-refractivity contribution in [3.8, 4) is 12.0 Å². The number of carbonyl (C=O) groups is 1. The molecule has 8 heteroatoms. The molecule has 160 valence electrons. The van der Waals surface area contributed by atoms with E-state index in [2.05, 4.69) is 36.9 Å². The van der Waals surface area contributed by atoms with Crippen molar-refractivity contribution in [1.82, 2.24) is 15.0 Å². The summed E-state index contributed by atoms with van der Waals surface area (Å²) in [6.07, 6.45) is 5.74. The smallest absolute Gasteiger partial charge is 0.266 e. The minimum atomic E-state index is -0.330. The molecule has 1 saturated heterocycles. The Morgan fingerprint density at radius 2 is 1.90 bits per heavy atom. The Labute approximate surface area is 181 Å². The molecule has 1 aromatic carbocycles. The number of aromatic nitrogens is 2. The predicted octanol–water partition coefficient (Wildman–Crippen LogP) is 2.97. The maximum absolute atomic E-state index is 13.4. The third kappa shape index (κ3) is 4.13. The lowest BCUT2D eigenvalue weighted by molar-refractivity contribution is 0.0630. The Hall–Kier alpha value is -3.34. The average molecular weight is 419 g/mol. The van der Waals surface area contributed by atoms with Crippen molar-refractivity contribution in [2.24, 2.45) is 4.99 Å². The molecule has 1 aromatic heterocycles. The first-order valence-corrected chi connectivity index (χ1v) is 10.9. The molecule has 2 fully saturated rings. The zero-order valence-electron chi connectivity index (χ0n) is 17.5.